The van der Waals surface area contributed by atoms with Crippen LogP contribution in [0.4, 0.5) is 0 Å². The normalized spacial score (nSPS) is 16.3. The maximum absolute atomic E-state index is 10.8. The molecule has 3 aromatic carbocycles. The van der Waals surface area contributed by atoms with Gasteiger partial charge in [-0.2, -0.15) is 0 Å². The maximum atomic E-state index is 10.8. The number of hydrogen-bond donors (Lipinski definition) is 2. The van der Waals surface area contributed by atoms with Crippen molar-refractivity contribution >= 4 is 0 Å². The molecule has 3 aromatic rings. The van der Waals surface area contributed by atoms with E-state index in [2.05, 4.69) is 44.2 Å². The van der Waals surface area contributed by atoms with Crippen molar-refractivity contribution in [3.8, 4) is 11.5 Å². The molecule has 0 spiro atoms. The van der Waals surface area contributed by atoms with Crippen molar-refractivity contribution < 1.29 is 10.2 Å². The van der Waals surface area contributed by atoms with E-state index in [1.165, 1.54) is 16.7 Å². The number of hydrogen-bond acceptors (Lipinski definition) is 2. The van der Waals surface area contributed by atoms with E-state index in [0.29, 0.717) is 0 Å². The topological polar surface area (TPSA) is 40.5 Å². The Balaban J connectivity index is 1.69. The first kappa shape index (κ1) is 17.7. The van der Waals surface area contributed by atoms with E-state index >= 15 is 0 Å². The van der Waals surface area contributed by atoms with Crippen molar-refractivity contribution in [2.45, 2.75) is 44.4 Å². The SMILES string of the molecule is CC(C)(Cc1ccccc1)c1cc(O)c(C2CCc3ccccc32)cc1O. The quantitative estimate of drug-likeness (QED) is 0.588. The third-order valence-corrected chi connectivity index (χ3v) is 5.87. The molecule has 0 heterocycles. The summed E-state index contributed by atoms with van der Waals surface area (Å²) in [5, 5.41) is 21.6. The second-order valence-corrected chi connectivity index (χ2v) is 8.26. The van der Waals surface area contributed by atoms with Crippen LogP contribution >= 0.6 is 0 Å². The molecule has 27 heavy (non-hydrogen) atoms. The largest absolute Gasteiger partial charge is 0.508 e. The second kappa shape index (κ2) is 6.77. The van der Waals surface area contributed by atoms with Crippen molar-refractivity contribution in [3.63, 3.8) is 0 Å². The Morgan fingerprint density at radius 3 is 2.33 bits per heavy atom. The molecule has 1 aliphatic rings. The molecule has 2 heteroatoms. The number of aromatic hydroxyl groups is 2. The van der Waals surface area contributed by atoms with Crippen LogP contribution in [0.3, 0.4) is 0 Å². The lowest BCUT2D eigenvalue weighted by atomic mass is 9.77. The molecule has 2 nitrogen and oxygen atoms in total. The van der Waals surface area contributed by atoms with Crippen LogP contribution in [0.15, 0.2) is 66.7 Å². The fraction of sp³-hybridized carbons (Fsp3) is 0.280. The van der Waals surface area contributed by atoms with E-state index in [1.807, 2.05) is 24.3 Å². The first-order chi connectivity index (χ1) is 13.0. The van der Waals surface area contributed by atoms with Gasteiger partial charge >= 0.3 is 0 Å². The van der Waals surface area contributed by atoms with E-state index in [4.69, 9.17) is 0 Å². The smallest absolute Gasteiger partial charge is 0.119 e. The van der Waals surface area contributed by atoms with Crippen LogP contribution in [-0.4, -0.2) is 10.2 Å². The highest BCUT2D eigenvalue weighted by atomic mass is 16.3. The minimum Gasteiger partial charge on any atom is -0.508 e. The van der Waals surface area contributed by atoms with Crippen LogP contribution in [0.1, 0.15) is 54.0 Å². The molecule has 1 aliphatic carbocycles. The number of phenols is 2. The number of fused-ring (bicyclic) bond motifs is 1. The number of benzene rings is 3. The van der Waals surface area contributed by atoms with E-state index < -0.39 is 0 Å². The summed E-state index contributed by atoms with van der Waals surface area (Å²) in [7, 11) is 0. The third-order valence-electron chi connectivity index (χ3n) is 5.87. The van der Waals surface area contributed by atoms with Crippen molar-refractivity contribution in [2.75, 3.05) is 0 Å². The molecule has 0 amide bonds. The Bertz CT molecular complexity index is 957. The van der Waals surface area contributed by atoms with Gasteiger partial charge in [0, 0.05) is 17.0 Å². The molecule has 0 saturated carbocycles. The highest BCUT2D eigenvalue weighted by molar-refractivity contribution is 5.54. The van der Waals surface area contributed by atoms with Crippen LogP contribution in [-0.2, 0) is 18.3 Å². The predicted molar refractivity (Wildman–Crippen MR) is 110 cm³/mol. The van der Waals surface area contributed by atoms with Gasteiger partial charge in [-0.1, -0.05) is 68.4 Å². The van der Waals surface area contributed by atoms with Crippen LogP contribution in [0.2, 0.25) is 0 Å². The first-order valence-electron chi connectivity index (χ1n) is 9.64. The van der Waals surface area contributed by atoms with Crippen molar-refractivity contribution in [3.05, 3.63) is 94.5 Å². The highest BCUT2D eigenvalue weighted by Gasteiger charge is 2.30. The Morgan fingerprint density at radius 1 is 0.852 bits per heavy atom. The summed E-state index contributed by atoms with van der Waals surface area (Å²) in [6.45, 7) is 4.22. The molecule has 4 rings (SSSR count). The summed E-state index contributed by atoms with van der Waals surface area (Å²) in [5.74, 6) is 0.706. The Hall–Kier alpha value is -2.74. The lowest BCUT2D eigenvalue weighted by Crippen LogP contribution is -2.21. The molecule has 1 unspecified atom stereocenters. The molecule has 0 aromatic heterocycles. The van der Waals surface area contributed by atoms with Crippen LogP contribution in [0.5, 0.6) is 11.5 Å². The van der Waals surface area contributed by atoms with Gasteiger partial charge < -0.3 is 10.2 Å². The van der Waals surface area contributed by atoms with E-state index in [9.17, 15) is 10.2 Å². The maximum Gasteiger partial charge on any atom is 0.119 e. The van der Waals surface area contributed by atoms with Crippen LogP contribution in [0.25, 0.3) is 0 Å². The van der Waals surface area contributed by atoms with Gasteiger partial charge in [0.25, 0.3) is 0 Å². The molecular formula is C25H26O2. The molecule has 0 radical (unpaired) electrons. The zero-order valence-electron chi connectivity index (χ0n) is 15.9. The summed E-state index contributed by atoms with van der Waals surface area (Å²) in [6, 6.07) is 22.2. The summed E-state index contributed by atoms with van der Waals surface area (Å²) in [5.41, 5.74) is 5.17. The minimum atomic E-state index is -0.283. The van der Waals surface area contributed by atoms with E-state index in [-0.39, 0.29) is 22.8 Å². The zero-order valence-corrected chi connectivity index (χ0v) is 15.9. The fourth-order valence-corrected chi connectivity index (χ4v) is 4.50. The first-order valence-corrected chi connectivity index (χ1v) is 9.64. The van der Waals surface area contributed by atoms with Gasteiger partial charge in [0.2, 0.25) is 0 Å². The van der Waals surface area contributed by atoms with Gasteiger partial charge in [0.1, 0.15) is 11.5 Å². The fourth-order valence-electron chi connectivity index (χ4n) is 4.50. The predicted octanol–water partition coefficient (Wildman–Crippen LogP) is 5.70. The standard InChI is InChI=1S/C25H26O2/c1-25(2,16-17-8-4-3-5-9-17)22-15-23(26)21(14-24(22)27)20-13-12-18-10-6-7-11-19(18)20/h3-11,14-15,20,26-27H,12-13,16H2,1-2H3. The Morgan fingerprint density at radius 2 is 1.56 bits per heavy atom. The summed E-state index contributed by atoms with van der Waals surface area (Å²) >= 11 is 0. The molecular weight excluding hydrogens is 332 g/mol. The molecule has 1 atom stereocenters. The lowest BCUT2D eigenvalue weighted by molar-refractivity contribution is 0.419. The van der Waals surface area contributed by atoms with Gasteiger partial charge in [-0.15, -0.1) is 0 Å². The zero-order chi connectivity index (χ0) is 19.0. The average Bonchev–Trinajstić information content (AvgIpc) is 3.07. The average molecular weight is 358 g/mol. The van der Waals surface area contributed by atoms with Gasteiger partial charge in [0.15, 0.2) is 0 Å². The Labute approximate surface area is 161 Å². The van der Waals surface area contributed by atoms with Crippen molar-refractivity contribution in [1.29, 1.82) is 0 Å². The molecule has 0 bridgehead atoms. The Kier molecular flexibility index (Phi) is 4.43. The van der Waals surface area contributed by atoms with E-state index in [0.717, 1.165) is 30.4 Å². The number of aryl methyl sites for hydroxylation is 1. The molecule has 0 fully saturated rings. The number of phenolic OH excluding ortho intramolecular Hbond substituents is 2. The minimum absolute atomic E-state index is 0.151. The van der Waals surface area contributed by atoms with Gasteiger partial charge in [0.05, 0.1) is 0 Å². The summed E-state index contributed by atoms with van der Waals surface area (Å²) in [6.07, 6.45) is 2.79. The van der Waals surface area contributed by atoms with Crippen molar-refractivity contribution in [2.24, 2.45) is 0 Å². The van der Waals surface area contributed by atoms with E-state index in [1.54, 1.807) is 12.1 Å². The second-order valence-electron chi connectivity index (χ2n) is 8.26. The lowest BCUT2D eigenvalue weighted by Gasteiger charge is -2.28. The van der Waals surface area contributed by atoms with Crippen molar-refractivity contribution in [1.82, 2.24) is 0 Å². The highest BCUT2D eigenvalue weighted by Crippen LogP contribution is 2.45. The van der Waals surface area contributed by atoms with Crippen LogP contribution < -0.4 is 0 Å². The van der Waals surface area contributed by atoms with Gasteiger partial charge in [-0.3, -0.25) is 0 Å². The summed E-state index contributed by atoms with van der Waals surface area (Å²) < 4.78 is 0. The monoisotopic (exact) mass is 358 g/mol. The number of rotatable bonds is 4. The van der Waals surface area contributed by atoms with Crippen LogP contribution in [0, 0.1) is 0 Å². The molecule has 138 valence electrons. The van der Waals surface area contributed by atoms with Gasteiger partial charge in [-0.25, -0.2) is 0 Å². The molecule has 2 N–H and O–H groups in total. The third kappa shape index (κ3) is 3.32. The summed E-state index contributed by atoms with van der Waals surface area (Å²) in [4.78, 5) is 0. The molecule has 0 saturated heterocycles. The molecule has 0 aliphatic heterocycles. The van der Waals surface area contributed by atoms with Gasteiger partial charge in [-0.05, 0) is 53.5 Å².